The molecule has 3 N–H and O–H groups in total. The Hall–Kier alpha value is -0.200. The number of hydrogen-bond donors (Lipinski definition) is 3. The van der Waals surface area contributed by atoms with Gasteiger partial charge in [-0.25, -0.2) is 0 Å². The van der Waals surface area contributed by atoms with Gasteiger partial charge in [-0.1, -0.05) is 71.1 Å². The third kappa shape index (κ3) is 8.77. The van der Waals surface area contributed by atoms with Gasteiger partial charge in [0.15, 0.2) is 0 Å². The van der Waals surface area contributed by atoms with Gasteiger partial charge < -0.3 is 24.8 Å². The monoisotopic (exact) mass is 346 g/mol. The number of aliphatic hydroxyl groups excluding tert-OH is 3. The van der Waals surface area contributed by atoms with Gasteiger partial charge in [-0.05, 0) is 6.42 Å². The average molecular weight is 347 g/mol. The van der Waals surface area contributed by atoms with Crippen LogP contribution in [0.1, 0.15) is 77.6 Å². The highest BCUT2D eigenvalue weighted by molar-refractivity contribution is 4.88. The summed E-state index contributed by atoms with van der Waals surface area (Å²) >= 11 is 0. The van der Waals surface area contributed by atoms with Crippen LogP contribution in [-0.4, -0.2) is 59.6 Å². The first-order valence-electron chi connectivity index (χ1n) is 9.90. The maximum atomic E-state index is 9.78. The Kier molecular flexibility index (Phi) is 12.8. The lowest BCUT2D eigenvalue weighted by Gasteiger charge is -2.24. The maximum absolute atomic E-state index is 9.78. The minimum absolute atomic E-state index is 0.101. The molecule has 144 valence electrons. The molecule has 1 fully saturated rings. The van der Waals surface area contributed by atoms with E-state index in [1.807, 2.05) is 0 Å². The molecular formula is C19H38O5. The van der Waals surface area contributed by atoms with Crippen LogP contribution in [0.25, 0.3) is 0 Å². The SMILES string of the molecule is CCCCCCCCCCCCCO[C@H](CO)[C@H]1OC[C@H](O)[C@H]1O. The lowest BCUT2D eigenvalue weighted by molar-refractivity contribution is -0.101. The average Bonchev–Trinajstić information content (AvgIpc) is 2.92. The summed E-state index contributed by atoms with van der Waals surface area (Å²) in [6.07, 6.45) is 11.1. The molecule has 4 atom stereocenters. The molecule has 24 heavy (non-hydrogen) atoms. The summed E-state index contributed by atoms with van der Waals surface area (Å²) in [7, 11) is 0. The molecule has 0 aromatic heterocycles. The van der Waals surface area contributed by atoms with Crippen molar-refractivity contribution in [2.75, 3.05) is 19.8 Å². The quantitative estimate of drug-likeness (QED) is 0.397. The predicted octanol–water partition coefficient (Wildman–Crippen LogP) is 2.80. The van der Waals surface area contributed by atoms with E-state index >= 15 is 0 Å². The highest BCUT2D eigenvalue weighted by atomic mass is 16.6. The van der Waals surface area contributed by atoms with Crippen molar-refractivity contribution in [1.29, 1.82) is 0 Å². The smallest absolute Gasteiger partial charge is 0.114 e. The summed E-state index contributed by atoms with van der Waals surface area (Å²) in [5.74, 6) is 0. The minimum atomic E-state index is -0.973. The summed E-state index contributed by atoms with van der Waals surface area (Å²) in [4.78, 5) is 0. The van der Waals surface area contributed by atoms with Crippen molar-refractivity contribution in [1.82, 2.24) is 0 Å². The zero-order valence-corrected chi connectivity index (χ0v) is 15.4. The van der Waals surface area contributed by atoms with E-state index < -0.39 is 24.4 Å². The van der Waals surface area contributed by atoms with Crippen LogP contribution in [0, 0.1) is 0 Å². The first-order valence-corrected chi connectivity index (χ1v) is 9.90. The van der Waals surface area contributed by atoms with Crippen LogP contribution in [0.15, 0.2) is 0 Å². The van der Waals surface area contributed by atoms with E-state index in [4.69, 9.17) is 9.47 Å². The van der Waals surface area contributed by atoms with Crippen LogP contribution in [0.3, 0.4) is 0 Å². The van der Waals surface area contributed by atoms with E-state index in [0.717, 1.165) is 12.8 Å². The highest BCUT2D eigenvalue weighted by Gasteiger charge is 2.40. The predicted molar refractivity (Wildman–Crippen MR) is 95.0 cm³/mol. The van der Waals surface area contributed by atoms with Gasteiger partial charge in [0.2, 0.25) is 0 Å². The molecule has 0 saturated carbocycles. The summed E-state index contributed by atoms with van der Waals surface area (Å²) in [5.41, 5.74) is 0. The summed E-state index contributed by atoms with van der Waals surface area (Å²) < 4.78 is 10.9. The van der Waals surface area contributed by atoms with Gasteiger partial charge in [0.25, 0.3) is 0 Å². The molecule has 1 aliphatic rings. The molecule has 0 unspecified atom stereocenters. The van der Waals surface area contributed by atoms with E-state index in [0.29, 0.717) is 6.61 Å². The topological polar surface area (TPSA) is 79.2 Å². The number of rotatable bonds is 15. The van der Waals surface area contributed by atoms with Crippen molar-refractivity contribution in [3.8, 4) is 0 Å². The summed E-state index contributed by atoms with van der Waals surface area (Å²) in [6, 6.07) is 0. The van der Waals surface area contributed by atoms with E-state index in [1.54, 1.807) is 0 Å². The summed E-state index contributed by atoms with van der Waals surface area (Å²) in [5, 5.41) is 28.6. The lowest BCUT2D eigenvalue weighted by atomic mass is 10.1. The zero-order valence-electron chi connectivity index (χ0n) is 15.4. The fraction of sp³-hybridized carbons (Fsp3) is 1.00. The first kappa shape index (κ1) is 21.8. The fourth-order valence-corrected chi connectivity index (χ4v) is 3.21. The molecule has 1 aliphatic heterocycles. The molecule has 0 radical (unpaired) electrons. The first-order chi connectivity index (χ1) is 11.7. The molecule has 0 bridgehead atoms. The van der Waals surface area contributed by atoms with Crippen LogP contribution in [0.4, 0.5) is 0 Å². The van der Waals surface area contributed by atoms with Gasteiger partial charge in [-0.2, -0.15) is 0 Å². The lowest BCUT2D eigenvalue weighted by Crippen LogP contribution is -2.42. The van der Waals surface area contributed by atoms with Crippen molar-refractivity contribution in [3.05, 3.63) is 0 Å². The third-order valence-corrected chi connectivity index (χ3v) is 4.82. The Morgan fingerprint density at radius 2 is 1.46 bits per heavy atom. The van der Waals surface area contributed by atoms with Gasteiger partial charge >= 0.3 is 0 Å². The van der Waals surface area contributed by atoms with Crippen molar-refractivity contribution in [2.24, 2.45) is 0 Å². The van der Waals surface area contributed by atoms with E-state index in [-0.39, 0.29) is 13.2 Å². The summed E-state index contributed by atoms with van der Waals surface area (Å²) in [6.45, 7) is 2.71. The minimum Gasteiger partial charge on any atom is -0.394 e. The van der Waals surface area contributed by atoms with Gasteiger partial charge in [0, 0.05) is 6.61 Å². The van der Waals surface area contributed by atoms with Crippen molar-refractivity contribution in [3.63, 3.8) is 0 Å². The molecule has 0 spiro atoms. The largest absolute Gasteiger partial charge is 0.394 e. The third-order valence-electron chi connectivity index (χ3n) is 4.82. The molecule has 5 heteroatoms. The van der Waals surface area contributed by atoms with Crippen molar-refractivity contribution < 1.29 is 24.8 Å². The van der Waals surface area contributed by atoms with Crippen LogP contribution < -0.4 is 0 Å². The Morgan fingerprint density at radius 3 is 1.92 bits per heavy atom. The van der Waals surface area contributed by atoms with E-state index in [2.05, 4.69) is 6.92 Å². The van der Waals surface area contributed by atoms with E-state index in [9.17, 15) is 15.3 Å². The van der Waals surface area contributed by atoms with Gasteiger partial charge in [-0.3, -0.25) is 0 Å². The maximum Gasteiger partial charge on any atom is 0.114 e. The van der Waals surface area contributed by atoms with Crippen molar-refractivity contribution >= 4 is 0 Å². The Balaban J connectivity index is 1.92. The second-order valence-electron chi connectivity index (χ2n) is 6.98. The second kappa shape index (κ2) is 14.0. The molecule has 0 aliphatic carbocycles. The normalized spacial score (nSPS) is 25.2. The molecular weight excluding hydrogens is 308 g/mol. The number of aliphatic hydroxyl groups is 3. The number of unbranched alkanes of at least 4 members (excludes halogenated alkanes) is 10. The van der Waals surface area contributed by atoms with Gasteiger partial charge in [-0.15, -0.1) is 0 Å². The van der Waals surface area contributed by atoms with Crippen LogP contribution >= 0.6 is 0 Å². The molecule has 1 heterocycles. The molecule has 0 aromatic rings. The van der Waals surface area contributed by atoms with Crippen LogP contribution in [0.2, 0.25) is 0 Å². The molecule has 0 aromatic carbocycles. The Morgan fingerprint density at radius 1 is 0.917 bits per heavy atom. The standard InChI is InChI=1S/C19H38O5/c1-2-3-4-5-6-7-8-9-10-11-12-13-23-17(14-20)19-18(22)16(21)15-24-19/h16-22H,2-15H2,1H3/t16-,17+,18+,19+/m0/s1. The Bertz CT molecular complexity index is 287. The van der Waals surface area contributed by atoms with Gasteiger partial charge in [0.05, 0.1) is 13.2 Å². The molecule has 0 amide bonds. The number of hydrogen-bond acceptors (Lipinski definition) is 5. The molecule has 1 saturated heterocycles. The van der Waals surface area contributed by atoms with Crippen LogP contribution in [0.5, 0.6) is 0 Å². The van der Waals surface area contributed by atoms with Crippen molar-refractivity contribution in [2.45, 2.75) is 102 Å². The zero-order chi connectivity index (χ0) is 17.6. The van der Waals surface area contributed by atoms with Crippen LogP contribution in [-0.2, 0) is 9.47 Å². The second-order valence-corrected chi connectivity index (χ2v) is 6.98. The molecule has 5 nitrogen and oxygen atoms in total. The highest BCUT2D eigenvalue weighted by Crippen LogP contribution is 2.20. The Labute approximate surface area is 147 Å². The molecule has 1 rings (SSSR count). The van der Waals surface area contributed by atoms with E-state index in [1.165, 1.54) is 57.8 Å². The van der Waals surface area contributed by atoms with Gasteiger partial charge in [0.1, 0.15) is 24.4 Å². The fourth-order valence-electron chi connectivity index (χ4n) is 3.21. The number of ether oxygens (including phenoxy) is 2.